The maximum atomic E-state index is 5.94. The molecule has 0 unspecified atom stereocenters. The van der Waals surface area contributed by atoms with Gasteiger partial charge in [-0.3, -0.25) is 9.98 Å². The van der Waals surface area contributed by atoms with Crippen LogP contribution >= 0.6 is 0 Å². The zero-order valence-electron chi connectivity index (χ0n) is 14.6. The predicted octanol–water partition coefficient (Wildman–Crippen LogP) is 3.03. The van der Waals surface area contributed by atoms with Crippen molar-refractivity contribution in [2.45, 2.75) is 64.5 Å². The molecule has 0 saturated carbocycles. The summed E-state index contributed by atoms with van der Waals surface area (Å²) in [5.74, 6) is 0. The highest BCUT2D eigenvalue weighted by atomic mass is 14.8. The fourth-order valence-corrected chi connectivity index (χ4v) is 1.95. The van der Waals surface area contributed by atoms with E-state index in [0.29, 0.717) is 0 Å². The molecule has 1 aliphatic rings. The Kier molecular flexibility index (Phi) is 7.17. The van der Waals surface area contributed by atoms with E-state index in [1.54, 1.807) is 0 Å². The Morgan fingerprint density at radius 3 is 1.50 bits per heavy atom. The molecule has 0 aromatic carbocycles. The Bertz CT molecular complexity index is 412. The van der Waals surface area contributed by atoms with Crippen molar-refractivity contribution in [1.29, 1.82) is 0 Å². The molecule has 4 heteroatoms. The summed E-state index contributed by atoms with van der Waals surface area (Å²) in [6.07, 6.45) is 12.1. The first-order valence-corrected chi connectivity index (χ1v) is 8.13. The number of hydrogen-bond donors (Lipinski definition) is 2. The van der Waals surface area contributed by atoms with Gasteiger partial charge in [0, 0.05) is 36.6 Å². The van der Waals surface area contributed by atoms with Crippen LogP contribution in [0.2, 0.25) is 0 Å². The SMILES string of the molecule is CC(C)(N)CCN=CC1=CC=C(C=NCCC(C)(C)N)CC1. The van der Waals surface area contributed by atoms with E-state index in [1.807, 2.05) is 40.1 Å². The van der Waals surface area contributed by atoms with Crippen LogP contribution in [0.5, 0.6) is 0 Å². The van der Waals surface area contributed by atoms with Gasteiger partial charge in [-0.1, -0.05) is 12.2 Å². The van der Waals surface area contributed by atoms with Crippen molar-refractivity contribution in [3.8, 4) is 0 Å². The van der Waals surface area contributed by atoms with Gasteiger partial charge in [-0.25, -0.2) is 0 Å². The van der Waals surface area contributed by atoms with Crippen molar-refractivity contribution >= 4 is 12.4 Å². The smallest absolute Gasteiger partial charge is 0.0406 e. The molecule has 0 aliphatic heterocycles. The molecule has 0 fully saturated rings. The van der Waals surface area contributed by atoms with Gasteiger partial charge < -0.3 is 11.5 Å². The van der Waals surface area contributed by atoms with E-state index in [2.05, 4.69) is 22.1 Å². The van der Waals surface area contributed by atoms with E-state index >= 15 is 0 Å². The van der Waals surface area contributed by atoms with Gasteiger partial charge in [0.15, 0.2) is 0 Å². The second kappa shape index (κ2) is 8.39. The van der Waals surface area contributed by atoms with Gasteiger partial charge in [0.2, 0.25) is 0 Å². The van der Waals surface area contributed by atoms with E-state index in [1.165, 1.54) is 11.1 Å². The van der Waals surface area contributed by atoms with Gasteiger partial charge in [0.25, 0.3) is 0 Å². The van der Waals surface area contributed by atoms with E-state index in [9.17, 15) is 0 Å². The van der Waals surface area contributed by atoms with E-state index in [-0.39, 0.29) is 11.1 Å². The van der Waals surface area contributed by atoms with Gasteiger partial charge in [-0.15, -0.1) is 0 Å². The number of nitrogens with zero attached hydrogens (tertiary/aromatic N) is 2. The molecule has 0 radical (unpaired) electrons. The molecule has 0 heterocycles. The molecule has 0 aromatic rings. The van der Waals surface area contributed by atoms with Crippen LogP contribution in [-0.4, -0.2) is 36.6 Å². The molecule has 4 nitrogen and oxygen atoms in total. The Morgan fingerprint density at radius 2 is 1.23 bits per heavy atom. The van der Waals surface area contributed by atoms with Crippen LogP contribution in [0, 0.1) is 0 Å². The molecule has 0 aromatic heterocycles. The number of aliphatic imine (C=N–C) groups is 2. The summed E-state index contributed by atoms with van der Waals surface area (Å²) >= 11 is 0. The summed E-state index contributed by atoms with van der Waals surface area (Å²) in [6.45, 7) is 9.69. The standard InChI is InChI=1S/C18H32N4/c1-17(2,19)9-11-21-13-15-5-7-16(8-6-15)14-22-12-10-18(3,4)20/h5,7,13-14H,6,8-12,19-20H2,1-4H3. The molecule has 1 aliphatic carbocycles. The monoisotopic (exact) mass is 304 g/mol. The van der Waals surface area contributed by atoms with Gasteiger partial charge >= 0.3 is 0 Å². The van der Waals surface area contributed by atoms with Crippen LogP contribution in [0.25, 0.3) is 0 Å². The maximum absolute atomic E-state index is 5.94. The van der Waals surface area contributed by atoms with Crippen LogP contribution < -0.4 is 11.5 Å². The highest BCUT2D eigenvalue weighted by molar-refractivity contribution is 5.84. The molecular weight excluding hydrogens is 272 g/mol. The van der Waals surface area contributed by atoms with E-state index < -0.39 is 0 Å². The van der Waals surface area contributed by atoms with Crippen LogP contribution in [-0.2, 0) is 0 Å². The second-order valence-corrected chi connectivity index (χ2v) is 7.53. The number of hydrogen-bond acceptors (Lipinski definition) is 4. The molecule has 4 N–H and O–H groups in total. The predicted molar refractivity (Wildman–Crippen MR) is 97.9 cm³/mol. The average Bonchev–Trinajstić information content (AvgIpc) is 2.39. The minimum atomic E-state index is -0.139. The van der Waals surface area contributed by atoms with Crippen molar-refractivity contribution in [1.82, 2.24) is 0 Å². The lowest BCUT2D eigenvalue weighted by molar-refractivity contribution is 0.484. The molecular formula is C18H32N4. The van der Waals surface area contributed by atoms with Crippen LogP contribution in [0.3, 0.4) is 0 Å². The molecule has 1 rings (SSSR count). The highest BCUT2D eigenvalue weighted by Gasteiger charge is 2.09. The third kappa shape index (κ3) is 9.64. The highest BCUT2D eigenvalue weighted by Crippen LogP contribution is 2.16. The number of rotatable bonds is 8. The summed E-state index contributed by atoms with van der Waals surface area (Å²) in [5, 5.41) is 0. The average molecular weight is 304 g/mol. The molecule has 124 valence electrons. The lowest BCUT2D eigenvalue weighted by Crippen LogP contribution is -2.32. The maximum Gasteiger partial charge on any atom is 0.0406 e. The molecule has 0 bridgehead atoms. The van der Waals surface area contributed by atoms with E-state index in [4.69, 9.17) is 11.5 Å². The lowest BCUT2D eigenvalue weighted by Gasteiger charge is -2.16. The van der Waals surface area contributed by atoms with Crippen molar-refractivity contribution in [2.24, 2.45) is 21.5 Å². The van der Waals surface area contributed by atoms with Gasteiger partial charge in [-0.05, 0) is 64.5 Å². The minimum Gasteiger partial charge on any atom is -0.325 e. The lowest BCUT2D eigenvalue weighted by atomic mass is 9.99. The van der Waals surface area contributed by atoms with Crippen molar-refractivity contribution < 1.29 is 0 Å². The van der Waals surface area contributed by atoms with Gasteiger partial charge in [0.1, 0.15) is 0 Å². The normalized spacial score (nSPS) is 17.2. The first-order valence-electron chi connectivity index (χ1n) is 8.13. The molecule has 0 spiro atoms. The Hall–Kier alpha value is -1.26. The number of nitrogens with two attached hydrogens (primary N) is 2. The Morgan fingerprint density at radius 1 is 0.864 bits per heavy atom. The van der Waals surface area contributed by atoms with Gasteiger partial charge in [0.05, 0.1) is 0 Å². The quantitative estimate of drug-likeness (QED) is 0.676. The van der Waals surface area contributed by atoms with Crippen LogP contribution in [0.4, 0.5) is 0 Å². The van der Waals surface area contributed by atoms with Crippen molar-refractivity contribution in [3.05, 3.63) is 23.3 Å². The zero-order chi connectivity index (χ0) is 16.6. The summed E-state index contributed by atoms with van der Waals surface area (Å²) in [5.41, 5.74) is 14.1. The third-order valence-electron chi connectivity index (χ3n) is 3.50. The molecule has 0 atom stereocenters. The largest absolute Gasteiger partial charge is 0.325 e. The first-order chi connectivity index (χ1) is 10.2. The van der Waals surface area contributed by atoms with Crippen molar-refractivity contribution in [2.75, 3.05) is 13.1 Å². The van der Waals surface area contributed by atoms with Crippen molar-refractivity contribution in [3.63, 3.8) is 0 Å². The first kappa shape index (κ1) is 18.8. The zero-order valence-corrected chi connectivity index (χ0v) is 14.6. The van der Waals surface area contributed by atoms with Gasteiger partial charge in [-0.2, -0.15) is 0 Å². The summed E-state index contributed by atoms with van der Waals surface area (Å²) in [6, 6.07) is 0. The second-order valence-electron chi connectivity index (χ2n) is 7.53. The third-order valence-corrected chi connectivity index (χ3v) is 3.50. The molecule has 0 amide bonds. The van der Waals surface area contributed by atoms with E-state index in [0.717, 1.165) is 38.8 Å². The summed E-state index contributed by atoms with van der Waals surface area (Å²) < 4.78 is 0. The number of allylic oxidation sites excluding steroid dienone is 4. The molecule has 0 saturated heterocycles. The van der Waals surface area contributed by atoms with Crippen LogP contribution in [0.1, 0.15) is 53.4 Å². The Labute approximate surface area is 135 Å². The summed E-state index contributed by atoms with van der Waals surface area (Å²) in [7, 11) is 0. The topological polar surface area (TPSA) is 76.8 Å². The minimum absolute atomic E-state index is 0.139. The van der Waals surface area contributed by atoms with Crippen LogP contribution in [0.15, 0.2) is 33.3 Å². The fraction of sp³-hybridized carbons (Fsp3) is 0.667. The molecule has 22 heavy (non-hydrogen) atoms. The fourth-order valence-electron chi connectivity index (χ4n) is 1.95. The summed E-state index contributed by atoms with van der Waals surface area (Å²) in [4.78, 5) is 8.92. The Balaban J connectivity index is 2.37.